The number of morpholine rings is 1. The van der Waals surface area contributed by atoms with E-state index in [1.807, 2.05) is 18.2 Å². The van der Waals surface area contributed by atoms with Gasteiger partial charge < -0.3 is 19.5 Å². The van der Waals surface area contributed by atoms with Crippen LogP contribution in [0.4, 0.5) is 11.5 Å². The summed E-state index contributed by atoms with van der Waals surface area (Å²) in [6.45, 7) is 3.29. The van der Waals surface area contributed by atoms with Crippen LogP contribution in [0.15, 0.2) is 36.7 Å². The largest absolute Gasteiger partial charge is 0.493 e. The van der Waals surface area contributed by atoms with E-state index in [2.05, 4.69) is 20.2 Å². The lowest BCUT2D eigenvalue weighted by Crippen LogP contribution is -2.48. The number of halogens is 3. The summed E-state index contributed by atoms with van der Waals surface area (Å²) in [6.07, 6.45) is 4.03. The number of nitrogens with one attached hydrogen (secondary N) is 1. The van der Waals surface area contributed by atoms with Crippen molar-refractivity contribution in [1.29, 1.82) is 0 Å². The third kappa shape index (κ3) is 5.23. The number of ether oxygens (including phenoxy) is 3. The molecule has 3 heterocycles. The number of benzene rings is 2. The van der Waals surface area contributed by atoms with E-state index in [1.54, 1.807) is 19.2 Å². The van der Waals surface area contributed by atoms with Crippen LogP contribution >= 0.6 is 35.6 Å². The van der Waals surface area contributed by atoms with E-state index in [4.69, 9.17) is 37.4 Å². The van der Waals surface area contributed by atoms with E-state index in [-0.39, 0.29) is 18.5 Å². The molecule has 0 bridgehead atoms. The fraction of sp³-hybridized carbons (Fsp3) is 0.391. The number of rotatable bonds is 6. The normalized spacial score (nSPS) is 20.2. The predicted octanol–water partition coefficient (Wildman–Crippen LogP) is 5.35. The summed E-state index contributed by atoms with van der Waals surface area (Å²) in [5, 5.41) is 5.04. The van der Waals surface area contributed by atoms with Gasteiger partial charge in [0.15, 0.2) is 11.5 Å². The number of methoxy groups -OCH3 is 1. The average molecular weight is 512 g/mol. The van der Waals surface area contributed by atoms with E-state index >= 15 is 0 Å². The zero-order chi connectivity index (χ0) is 22.1. The minimum atomic E-state index is 0. The molecule has 0 spiro atoms. The number of nitrogens with zero attached hydrogens (tertiary/aromatic N) is 3. The van der Waals surface area contributed by atoms with E-state index in [0.717, 1.165) is 36.3 Å². The first-order chi connectivity index (χ1) is 15.6. The van der Waals surface area contributed by atoms with Gasteiger partial charge in [-0.2, -0.15) is 0 Å². The van der Waals surface area contributed by atoms with Crippen LogP contribution < -0.4 is 14.8 Å². The van der Waals surface area contributed by atoms with Crippen molar-refractivity contribution in [1.82, 2.24) is 14.9 Å². The molecule has 1 N–H and O–H groups in total. The molecule has 3 aromatic rings. The van der Waals surface area contributed by atoms with Crippen molar-refractivity contribution in [2.75, 3.05) is 38.7 Å². The van der Waals surface area contributed by atoms with Crippen molar-refractivity contribution < 1.29 is 14.2 Å². The molecule has 2 aliphatic heterocycles. The van der Waals surface area contributed by atoms with Crippen molar-refractivity contribution in [3.8, 4) is 11.5 Å². The monoisotopic (exact) mass is 510 g/mol. The quantitative estimate of drug-likeness (QED) is 0.478. The maximum absolute atomic E-state index is 6.14. The molecule has 10 heteroatoms. The highest BCUT2D eigenvalue weighted by molar-refractivity contribution is 6.42. The fourth-order valence-electron chi connectivity index (χ4n) is 4.32. The molecule has 5 rings (SSSR count). The maximum atomic E-state index is 6.14. The Hall–Kier alpha value is -2.03. The summed E-state index contributed by atoms with van der Waals surface area (Å²) in [4.78, 5) is 11.3. The molecule has 176 valence electrons. The van der Waals surface area contributed by atoms with Crippen LogP contribution in [0.25, 0.3) is 10.9 Å². The lowest BCUT2D eigenvalue weighted by molar-refractivity contribution is -0.0655. The second kappa shape index (κ2) is 10.5. The number of anilines is 2. The Morgan fingerprint density at radius 3 is 2.85 bits per heavy atom. The molecule has 33 heavy (non-hydrogen) atoms. The van der Waals surface area contributed by atoms with Crippen molar-refractivity contribution in [2.24, 2.45) is 0 Å². The highest BCUT2D eigenvalue weighted by Gasteiger charge is 2.32. The number of aromatic nitrogens is 2. The van der Waals surface area contributed by atoms with Gasteiger partial charge in [-0.3, -0.25) is 4.90 Å². The van der Waals surface area contributed by atoms with Crippen LogP contribution in [-0.2, 0) is 4.74 Å². The van der Waals surface area contributed by atoms with Crippen LogP contribution in [0.1, 0.15) is 12.8 Å². The second-order valence-electron chi connectivity index (χ2n) is 8.05. The van der Waals surface area contributed by atoms with Gasteiger partial charge in [0.05, 0.1) is 29.3 Å². The average Bonchev–Trinajstić information content (AvgIpc) is 3.27. The molecule has 7 nitrogen and oxygen atoms in total. The molecule has 2 atom stereocenters. The van der Waals surface area contributed by atoms with Gasteiger partial charge in [-0.1, -0.05) is 23.2 Å². The lowest BCUT2D eigenvalue weighted by atomic mass is 10.2. The first-order valence-corrected chi connectivity index (χ1v) is 11.4. The lowest BCUT2D eigenvalue weighted by Gasteiger charge is -2.35. The Morgan fingerprint density at radius 1 is 1.15 bits per heavy atom. The molecule has 0 aliphatic carbocycles. The molecule has 2 fully saturated rings. The third-order valence-corrected chi connectivity index (χ3v) is 6.73. The molecule has 2 aliphatic rings. The van der Waals surface area contributed by atoms with Crippen LogP contribution in [0, 0.1) is 0 Å². The van der Waals surface area contributed by atoms with E-state index < -0.39 is 0 Å². The van der Waals surface area contributed by atoms with Gasteiger partial charge in [0.2, 0.25) is 0 Å². The maximum Gasteiger partial charge on any atom is 0.163 e. The van der Waals surface area contributed by atoms with E-state index in [9.17, 15) is 0 Å². The van der Waals surface area contributed by atoms with Gasteiger partial charge in [-0.15, -0.1) is 12.4 Å². The molecule has 0 amide bonds. The van der Waals surface area contributed by atoms with Crippen molar-refractivity contribution >= 4 is 58.0 Å². The van der Waals surface area contributed by atoms with Gasteiger partial charge in [0.1, 0.15) is 24.9 Å². The SMILES string of the molecule is COc1cc2c(Nc3ccc(Cl)c(Cl)c3)ncnc2cc1OC[C@@H]1CN2CCC[C@@H]2CO1.Cl. The number of hydrogen-bond donors (Lipinski definition) is 1. The minimum absolute atomic E-state index is 0. The standard InChI is InChI=1S/C23H24Cl2N4O3.ClH/c1-30-21-8-17-20(26-13-27-23(17)28-14-4-5-18(24)19(25)7-14)9-22(21)32-12-16-10-29-6-2-3-15(29)11-31-16;/h4-5,7-9,13,15-16H,2-3,6,10-12H2,1H3,(H,26,27,28);1H/t15-,16+;/m1./s1. The Balaban J connectivity index is 0.00000259. The summed E-state index contributed by atoms with van der Waals surface area (Å²) in [5.41, 5.74) is 1.51. The van der Waals surface area contributed by atoms with E-state index in [1.165, 1.54) is 19.2 Å². The fourth-order valence-corrected chi connectivity index (χ4v) is 4.61. The highest BCUT2D eigenvalue weighted by atomic mass is 35.5. The van der Waals surface area contributed by atoms with Gasteiger partial charge in [0.25, 0.3) is 0 Å². The topological polar surface area (TPSA) is 68.7 Å². The first-order valence-electron chi connectivity index (χ1n) is 10.6. The van der Waals surface area contributed by atoms with Crippen molar-refractivity contribution in [3.05, 3.63) is 46.7 Å². The van der Waals surface area contributed by atoms with Gasteiger partial charge in [-0.25, -0.2) is 9.97 Å². The molecule has 0 unspecified atom stereocenters. The molecular weight excluding hydrogens is 487 g/mol. The van der Waals surface area contributed by atoms with Gasteiger partial charge in [-0.05, 0) is 43.7 Å². The molecule has 1 aromatic heterocycles. The van der Waals surface area contributed by atoms with Crippen LogP contribution in [0.5, 0.6) is 11.5 Å². The number of fused-ring (bicyclic) bond motifs is 2. The van der Waals surface area contributed by atoms with Crippen LogP contribution in [-0.4, -0.2) is 60.4 Å². The molecule has 0 saturated carbocycles. The molecule has 0 radical (unpaired) electrons. The van der Waals surface area contributed by atoms with Crippen LogP contribution in [0.2, 0.25) is 10.0 Å². The predicted molar refractivity (Wildman–Crippen MR) is 133 cm³/mol. The van der Waals surface area contributed by atoms with Crippen molar-refractivity contribution in [3.63, 3.8) is 0 Å². The summed E-state index contributed by atoms with van der Waals surface area (Å²) < 4.78 is 17.7. The number of hydrogen-bond acceptors (Lipinski definition) is 7. The van der Waals surface area contributed by atoms with Crippen molar-refractivity contribution in [2.45, 2.75) is 25.0 Å². The summed E-state index contributed by atoms with van der Waals surface area (Å²) in [6, 6.07) is 9.65. The summed E-state index contributed by atoms with van der Waals surface area (Å²) >= 11 is 12.2. The van der Waals surface area contributed by atoms with E-state index in [0.29, 0.717) is 40.0 Å². The first kappa shape index (κ1) is 24.1. The molecule has 2 saturated heterocycles. The van der Waals surface area contributed by atoms with Gasteiger partial charge >= 0.3 is 0 Å². The Morgan fingerprint density at radius 2 is 2.03 bits per heavy atom. The zero-order valence-corrected chi connectivity index (χ0v) is 20.4. The molecular formula is C23H25Cl3N4O3. The minimum Gasteiger partial charge on any atom is -0.493 e. The zero-order valence-electron chi connectivity index (χ0n) is 18.1. The Bertz CT molecular complexity index is 1130. The third-order valence-electron chi connectivity index (χ3n) is 5.99. The summed E-state index contributed by atoms with van der Waals surface area (Å²) in [5.74, 6) is 1.87. The van der Waals surface area contributed by atoms with Gasteiger partial charge in [0, 0.05) is 29.7 Å². The second-order valence-corrected chi connectivity index (χ2v) is 8.87. The summed E-state index contributed by atoms with van der Waals surface area (Å²) in [7, 11) is 1.62. The Kier molecular flexibility index (Phi) is 7.66. The molecule has 2 aromatic carbocycles. The Labute approximate surface area is 208 Å². The smallest absolute Gasteiger partial charge is 0.163 e. The van der Waals surface area contributed by atoms with Crippen LogP contribution in [0.3, 0.4) is 0 Å². The highest BCUT2D eigenvalue weighted by Crippen LogP contribution is 2.36.